The Morgan fingerprint density at radius 2 is 2.08 bits per heavy atom. The molecule has 2 rings (SSSR count). The highest BCUT2D eigenvalue weighted by Gasteiger charge is 2.32. The molecule has 1 N–H and O–H groups in total. The molecule has 1 fully saturated rings. The van der Waals surface area contributed by atoms with Gasteiger partial charge in [0.25, 0.3) is 0 Å². The van der Waals surface area contributed by atoms with E-state index in [0.717, 1.165) is 25.7 Å². The molecule has 1 heterocycles. The van der Waals surface area contributed by atoms with Gasteiger partial charge in [-0.25, -0.2) is 4.90 Å². The molecule has 1 aromatic carbocycles. The van der Waals surface area contributed by atoms with Crippen molar-refractivity contribution >= 4 is 0 Å². The molecular weight excluding hydrogens is 323 g/mol. The van der Waals surface area contributed by atoms with Crippen molar-refractivity contribution in [2.24, 2.45) is 0 Å². The van der Waals surface area contributed by atoms with E-state index in [1.54, 1.807) is 11.0 Å². The molecule has 2 unspecified atom stereocenters. The predicted molar refractivity (Wildman–Crippen MR) is 83.2 cm³/mol. The number of hydrogen-bond donors (Lipinski definition) is 1. The molecule has 0 aliphatic carbocycles. The summed E-state index contributed by atoms with van der Waals surface area (Å²) >= 11 is 0. The van der Waals surface area contributed by atoms with Gasteiger partial charge in [-0.3, -0.25) is 0 Å². The van der Waals surface area contributed by atoms with Crippen molar-refractivity contribution in [3.8, 4) is 5.75 Å². The third kappa shape index (κ3) is 6.30. The zero-order valence-corrected chi connectivity index (χ0v) is 13.8. The fourth-order valence-corrected chi connectivity index (χ4v) is 2.83. The maximum absolute atomic E-state index is 12.3. The second-order valence-corrected chi connectivity index (χ2v) is 6.06. The monoisotopic (exact) mass is 347 g/mol. The van der Waals surface area contributed by atoms with E-state index in [-0.39, 0.29) is 11.9 Å². The van der Waals surface area contributed by atoms with Crippen LogP contribution in [0.25, 0.3) is 0 Å². The summed E-state index contributed by atoms with van der Waals surface area (Å²) in [5.41, 5.74) is 0.631. The molecule has 0 radical (unpaired) electrons. The van der Waals surface area contributed by atoms with E-state index in [9.17, 15) is 18.3 Å². The molecule has 24 heavy (non-hydrogen) atoms. The molecule has 0 spiro atoms. The molecule has 0 saturated carbocycles. The lowest BCUT2D eigenvalue weighted by molar-refractivity contribution is -0.274. The van der Waals surface area contributed by atoms with E-state index in [2.05, 4.69) is 11.7 Å². The average molecular weight is 347 g/mol. The Hall–Kier alpha value is -1.31. The first-order chi connectivity index (χ1) is 11.4. The number of nitrogens with zero attached hydrogens (tertiary/aromatic N) is 1. The van der Waals surface area contributed by atoms with Gasteiger partial charge in [-0.05, 0) is 24.1 Å². The van der Waals surface area contributed by atoms with Crippen molar-refractivity contribution in [2.75, 3.05) is 6.54 Å². The zero-order chi connectivity index (χ0) is 17.6. The first kappa shape index (κ1) is 19.0. The van der Waals surface area contributed by atoms with Gasteiger partial charge in [0, 0.05) is 13.1 Å². The number of ether oxygens (including phenoxy) is 2. The van der Waals surface area contributed by atoms with Crippen molar-refractivity contribution < 1.29 is 27.8 Å². The van der Waals surface area contributed by atoms with Crippen LogP contribution in [0.3, 0.4) is 0 Å². The SMILES string of the molecule is CCCCCCC1CN(Cc2cccc(OC(F)(F)F)c2)C(O)O1. The molecule has 0 aromatic heterocycles. The number of alkyl halides is 3. The van der Waals surface area contributed by atoms with Gasteiger partial charge in [0.1, 0.15) is 5.75 Å². The number of benzene rings is 1. The van der Waals surface area contributed by atoms with Crippen molar-refractivity contribution in [1.29, 1.82) is 0 Å². The van der Waals surface area contributed by atoms with Gasteiger partial charge in [-0.1, -0.05) is 44.7 Å². The topological polar surface area (TPSA) is 41.9 Å². The lowest BCUT2D eigenvalue weighted by atomic mass is 10.1. The van der Waals surface area contributed by atoms with Crippen molar-refractivity contribution in [2.45, 2.75) is 64.5 Å². The van der Waals surface area contributed by atoms with Crippen molar-refractivity contribution in [1.82, 2.24) is 4.90 Å². The second-order valence-electron chi connectivity index (χ2n) is 6.06. The first-order valence-electron chi connectivity index (χ1n) is 8.29. The van der Waals surface area contributed by atoms with Crippen LogP contribution in [0, 0.1) is 0 Å². The molecule has 136 valence electrons. The van der Waals surface area contributed by atoms with E-state index >= 15 is 0 Å². The summed E-state index contributed by atoms with van der Waals surface area (Å²) in [5.74, 6) is -0.259. The van der Waals surface area contributed by atoms with E-state index in [4.69, 9.17) is 4.74 Å². The summed E-state index contributed by atoms with van der Waals surface area (Å²) in [6.07, 6.45) is -0.345. The molecule has 4 nitrogen and oxygen atoms in total. The lowest BCUT2D eigenvalue weighted by Crippen LogP contribution is -2.29. The van der Waals surface area contributed by atoms with Gasteiger partial charge in [0.05, 0.1) is 6.10 Å². The zero-order valence-electron chi connectivity index (χ0n) is 13.8. The summed E-state index contributed by atoms with van der Waals surface area (Å²) in [6, 6.07) is 5.78. The highest BCUT2D eigenvalue weighted by Crippen LogP contribution is 2.26. The Bertz CT molecular complexity index is 510. The Labute approximate surface area is 140 Å². The minimum absolute atomic E-state index is 0.0357. The summed E-state index contributed by atoms with van der Waals surface area (Å²) in [6.45, 7) is 3.02. The average Bonchev–Trinajstić information content (AvgIpc) is 2.82. The third-order valence-corrected chi connectivity index (χ3v) is 3.96. The van der Waals surface area contributed by atoms with Crippen LogP contribution >= 0.6 is 0 Å². The minimum Gasteiger partial charge on any atom is -0.406 e. The standard InChI is InChI=1S/C17H24F3NO3/c1-2-3-4-5-8-15-12-21(16(22)23-15)11-13-7-6-9-14(10-13)24-17(18,19)20/h6-7,9-10,15-16,22H,2-5,8,11-12H2,1H3. The van der Waals surface area contributed by atoms with Crippen LogP contribution in [0.1, 0.15) is 44.6 Å². The van der Waals surface area contributed by atoms with Gasteiger partial charge in [0.2, 0.25) is 6.41 Å². The fourth-order valence-electron chi connectivity index (χ4n) is 2.83. The first-order valence-corrected chi connectivity index (χ1v) is 8.29. The number of hydrogen-bond acceptors (Lipinski definition) is 4. The summed E-state index contributed by atoms with van der Waals surface area (Å²) in [7, 11) is 0. The van der Waals surface area contributed by atoms with Crippen LogP contribution in [-0.4, -0.2) is 35.4 Å². The van der Waals surface area contributed by atoms with Crippen LogP contribution in [0.5, 0.6) is 5.75 Å². The molecule has 0 amide bonds. The molecule has 1 aromatic rings. The van der Waals surface area contributed by atoms with E-state index < -0.39 is 12.8 Å². The molecular formula is C17H24F3NO3. The fraction of sp³-hybridized carbons (Fsp3) is 0.647. The largest absolute Gasteiger partial charge is 0.573 e. The quantitative estimate of drug-likeness (QED) is 0.721. The van der Waals surface area contributed by atoms with Crippen LogP contribution in [0.15, 0.2) is 24.3 Å². The summed E-state index contributed by atoms with van der Waals surface area (Å²) in [5, 5.41) is 9.97. The van der Waals surface area contributed by atoms with Gasteiger partial charge >= 0.3 is 6.36 Å². The summed E-state index contributed by atoms with van der Waals surface area (Å²) in [4.78, 5) is 1.71. The van der Waals surface area contributed by atoms with Gasteiger partial charge in [-0.2, -0.15) is 0 Å². The van der Waals surface area contributed by atoms with E-state index in [0.29, 0.717) is 18.7 Å². The van der Waals surface area contributed by atoms with Crippen LogP contribution in [0.2, 0.25) is 0 Å². The smallest absolute Gasteiger partial charge is 0.406 e. The molecule has 7 heteroatoms. The highest BCUT2D eigenvalue weighted by atomic mass is 19.4. The number of unbranched alkanes of at least 4 members (excludes halogenated alkanes) is 3. The molecule has 0 bridgehead atoms. The normalized spacial score (nSPS) is 22.0. The van der Waals surface area contributed by atoms with Crippen LogP contribution < -0.4 is 4.74 Å². The highest BCUT2D eigenvalue weighted by molar-refractivity contribution is 5.28. The lowest BCUT2D eigenvalue weighted by Gasteiger charge is -2.18. The molecule has 1 aliphatic rings. The van der Waals surface area contributed by atoms with Crippen LogP contribution in [0.4, 0.5) is 13.2 Å². The Balaban J connectivity index is 1.86. The van der Waals surface area contributed by atoms with Crippen LogP contribution in [-0.2, 0) is 11.3 Å². The number of halogens is 3. The van der Waals surface area contributed by atoms with Gasteiger partial charge in [0.15, 0.2) is 0 Å². The number of aliphatic hydroxyl groups excluding tert-OH is 1. The molecule has 1 aliphatic heterocycles. The third-order valence-electron chi connectivity index (χ3n) is 3.96. The Morgan fingerprint density at radius 3 is 2.79 bits per heavy atom. The minimum atomic E-state index is -4.71. The van der Waals surface area contributed by atoms with Crippen molar-refractivity contribution in [3.05, 3.63) is 29.8 Å². The maximum atomic E-state index is 12.3. The number of aliphatic hydroxyl groups is 1. The van der Waals surface area contributed by atoms with E-state index in [1.807, 2.05) is 0 Å². The number of rotatable bonds is 8. The predicted octanol–water partition coefficient (Wildman–Crippen LogP) is 4.03. The molecule has 1 saturated heterocycles. The Kier molecular flexibility index (Phi) is 6.89. The Morgan fingerprint density at radius 1 is 1.29 bits per heavy atom. The van der Waals surface area contributed by atoms with Gasteiger partial charge < -0.3 is 14.6 Å². The van der Waals surface area contributed by atoms with Crippen molar-refractivity contribution in [3.63, 3.8) is 0 Å². The van der Waals surface area contributed by atoms with Gasteiger partial charge in [-0.15, -0.1) is 13.2 Å². The maximum Gasteiger partial charge on any atom is 0.573 e. The van der Waals surface area contributed by atoms with E-state index in [1.165, 1.54) is 24.6 Å². The molecule has 2 atom stereocenters. The second kappa shape index (κ2) is 8.69. The summed E-state index contributed by atoms with van der Waals surface area (Å²) < 4.78 is 46.2.